The predicted molar refractivity (Wildman–Crippen MR) is 162 cm³/mol. The van der Waals surface area contributed by atoms with Gasteiger partial charge in [-0.05, 0) is 77.8 Å². The van der Waals surface area contributed by atoms with Gasteiger partial charge in [0.25, 0.3) is 22.7 Å². The van der Waals surface area contributed by atoms with E-state index in [1.807, 2.05) is 31.2 Å². The van der Waals surface area contributed by atoms with Gasteiger partial charge in [0.15, 0.2) is 0 Å². The van der Waals surface area contributed by atoms with Gasteiger partial charge in [0.1, 0.15) is 17.0 Å². The van der Waals surface area contributed by atoms with Crippen molar-refractivity contribution in [2.45, 2.75) is 64.5 Å². The molecule has 1 N–H and O–H groups in total. The van der Waals surface area contributed by atoms with E-state index < -0.39 is 51.8 Å². The van der Waals surface area contributed by atoms with Gasteiger partial charge in [-0.1, -0.05) is 29.8 Å². The van der Waals surface area contributed by atoms with E-state index in [0.29, 0.717) is 19.5 Å². The molecule has 2 amide bonds. The smallest absolute Gasteiger partial charge is 0.424 e. The van der Waals surface area contributed by atoms with Crippen LogP contribution in [-0.2, 0) is 35.5 Å². The highest BCUT2D eigenvalue weighted by Gasteiger charge is 2.37. The molecule has 1 atom stereocenters. The number of carbonyl (C=O) groups is 3. The number of anilines is 1. The van der Waals surface area contributed by atoms with E-state index in [-0.39, 0.29) is 25.9 Å². The van der Waals surface area contributed by atoms with E-state index >= 15 is 0 Å². The highest BCUT2D eigenvalue weighted by atomic mass is 35.5. The number of hydrazine groups is 2. The van der Waals surface area contributed by atoms with E-state index in [1.54, 1.807) is 18.9 Å². The van der Waals surface area contributed by atoms with Gasteiger partial charge in [-0.2, -0.15) is 4.31 Å². The summed E-state index contributed by atoms with van der Waals surface area (Å²) in [7, 11) is -4.90. The Hall–Kier alpha value is -4.31. The number of nitrogens with one attached hydrogen (secondary N) is 1. The van der Waals surface area contributed by atoms with Crippen molar-refractivity contribution in [1.82, 2.24) is 14.7 Å². The average Bonchev–Trinajstić information content (AvgIpc) is 3.28. The van der Waals surface area contributed by atoms with Crippen LogP contribution in [0, 0.1) is 5.21 Å². The van der Waals surface area contributed by atoms with Crippen LogP contribution in [-0.4, -0.2) is 78.7 Å². The molecule has 15 nitrogen and oxygen atoms in total. The number of ether oxygens (including phenoxy) is 2. The molecule has 1 heterocycles. The summed E-state index contributed by atoms with van der Waals surface area (Å²) in [6, 6.07) is 11.0. The lowest BCUT2D eigenvalue weighted by molar-refractivity contribution is -0.710. The first kappa shape index (κ1) is 35.2. The van der Waals surface area contributed by atoms with Crippen molar-refractivity contribution in [1.29, 1.82) is 0 Å². The maximum atomic E-state index is 13.8. The molecule has 0 spiro atoms. The van der Waals surface area contributed by atoms with E-state index in [0.717, 1.165) is 17.3 Å². The van der Waals surface area contributed by atoms with Gasteiger partial charge in [-0.3, -0.25) is 15.2 Å². The van der Waals surface area contributed by atoms with Crippen molar-refractivity contribution in [3.63, 3.8) is 0 Å². The van der Waals surface area contributed by atoms with Crippen molar-refractivity contribution in [2.75, 3.05) is 31.4 Å². The first-order chi connectivity index (χ1) is 21.1. The van der Waals surface area contributed by atoms with Crippen LogP contribution >= 0.6 is 11.6 Å². The molecule has 0 aromatic heterocycles. The van der Waals surface area contributed by atoms with Crippen LogP contribution in [0.25, 0.3) is 0 Å². The fourth-order valence-electron chi connectivity index (χ4n) is 4.28. The zero-order valence-corrected chi connectivity index (χ0v) is 27.4. The minimum atomic E-state index is -4.90. The molecule has 2 aromatic rings. The molecule has 0 aliphatic carbocycles. The van der Waals surface area contributed by atoms with Gasteiger partial charge in [-0.15, -0.1) is 5.01 Å². The number of amides is 2. The largest absolute Gasteiger partial charge is 0.569 e. The SMILES string of the molecule is CCN(CC)[N+]([O-])=NOCOC(=O)CN(C(=O)OC(C)(C)C)S(=O)(=O)c1cc(C(=O)NN2c3ccccc3CC2C)ccc1Cl. The number of hydrogen-bond donors (Lipinski definition) is 1. The molecule has 45 heavy (non-hydrogen) atoms. The van der Waals surface area contributed by atoms with Gasteiger partial charge >= 0.3 is 12.1 Å². The highest BCUT2D eigenvalue weighted by Crippen LogP contribution is 2.31. The summed E-state index contributed by atoms with van der Waals surface area (Å²) in [6.45, 7) is 8.56. The second-order valence-electron chi connectivity index (χ2n) is 10.9. The van der Waals surface area contributed by atoms with Gasteiger partial charge in [0.2, 0.25) is 5.28 Å². The third kappa shape index (κ3) is 8.88. The maximum absolute atomic E-state index is 13.8. The topological polar surface area (TPSA) is 173 Å². The third-order valence-electron chi connectivity index (χ3n) is 6.43. The second-order valence-corrected chi connectivity index (χ2v) is 13.1. The van der Waals surface area contributed by atoms with Gasteiger partial charge in [0.05, 0.1) is 34.8 Å². The molecule has 0 bridgehead atoms. The van der Waals surface area contributed by atoms with E-state index in [9.17, 15) is 28.0 Å². The van der Waals surface area contributed by atoms with Crippen LogP contribution < -0.4 is 10.4 Å². The molecule has 17 heteroatoms. The van der Waals surface area contributed by atoms with Gasteiger partial charge in [0, 0.05) is 5.56 Å². The fraction of sp³-hybridized carbons (Fsp3) is 0.464. The standard InChI is InChI=1S/C28H37ClN6O9S/c1-7-32(8-2)35(39)31-43-18-42-25(36)17-33(27(38)44-28(4,5)6)45(40,41)24-16-21(13-14-22(24)29)26(37)30-34-19(3)15-20-11-9-10-12-23(20)34/h9-14,16,19H,7-8,15,17-18H2,1-6H3,(H,30,37). The summed E-state index contributed by atoms with van der Waals surface area (Å²) in [6.07, 6.45) is -0.701. The van der Waals surface area contributed by atoms with Crippen molar-refractivity contribution >= 4 is 45.3 Å². The maximum Gasteiger partial charge on any atom is 0.424 e. The van der Waals surface area contributed by atoms with Crippen LogP contribution in [0.3, 0.4) is 0 Å². The molecule has 246 valence electrons. The molecule has 1 aliphatic rings. The Balaban J connectivity index is 1.84. The molecule has 0 fully saturated rings. The molecule has 0 saturated heterocycles. The number of fused-ring (bicyclic) bond motifs is 1. The quantitative estimate of drug-likeness (QED) is 0.0864. The summed E-state index contributed by atoms with van der Waals surface area (Å²) >= 11 is 6.26. The van der Waals surface area contributed by atoms with Crippen LogP contribution in [0.5, 0.6) is 0 Å². The Morgan fingerprint density at radius 3 is 2.47 bits per heavy atom. The molecule has 2 aromatic carbocycles. The van der Waals surface area contributed by atoms with Crippen LogP contribution in [0.2, 0.25) is 5.02 Å². The summed E-state index contributed by atoms with van der Waals surface area (Å²) in [5.41, 5.74) is 3.42. The summed E-state index contributed by atoms with van der Waals surface area (Å²) < 4.78 is 37.8. The number of esters is 1. The lowest BCUT2D eigenvalue weighted by atomic mass is 10.1. The Kier molecular flexibility index (Phi) is 11.4. The molecule has 1 unspecified atom stereocenters. The third-order valence-corrected chi connectivity index (χ3v) is 8.63. The van der Waals surface area contributed by atoms with E-state index in [2.05, 4.69) is 15.5 Å². The van der Waals surface area contributed by atoms with E-state index in [1.165, 1.54) is 37.9 Å². The van der Waals surface area contributed by atoms with E-state index in [4.69, 9.17) is 21.1 Å². The number of carbonyl (C=O) groups excluding carboxylic acids is 3. The van der Waals surface area contributed by atoms with Crippen LogP contribution in [0.1, 0.15) is 57.5 Å². The van der Waals surface area contributed by atoms with Crippen LogP contribution in [0.15, 0.2) is 52.6 Å². The lowest BCUT2D eigenvalue weighted by Gasteiger charge is -2.27. The molecule has 1 aliphatic heterocycles. The normalized spacial score (nSPS) is 14.8. The van der Waals surface area contributed by atoms with Crippen molar-refractivity contribution < 1.29 is 42.1 Å². The lowest BCUT2D eigenvalue weighted by Crippen LogP contribution is -2.46. The molecular weight excluding hydrogens is 632 g/mol. The Morgan fingerprint density at radius 2 is 1.82 bits per heavy atom. The molecular formula is C28H37ClN6O9S. The van der Waals surface area contributed by atoms with Crippen LogP contribution in [0.4, 0.5) is 10.5 Å². The summed E-state index contributed by atoms with van der Waals surface area (Å²) in [5, 5.41) is 17.7. The zero-order valence-electron chi connectivity index (χ0n) is 25.9. The number of benzene rings is 2. The minimum Gasteiger partial charge on any atom is -0.569 e. The summed E-state index contributed by atoms with van der Waals surface area (Å²) in [4.78, 5) is 43.2. The first-order valence-electron chi connectivity index (χ1n) is 14.0. The molecule has 0 saturated carbocycles. The van der Waals surface area contributed by atoms with Crippen molar-refractivity contribution in [2.24, 2.45) is 5.28 Å². The number of hydrogen-bond acceptors (Lipinski definition) is 11. The number of sulfonamides is 1. The molecule has 3 rings (SSSR count). The number of halogens is 1. The monoisotopic (exact) mass is 668 g/mol. The van der Waals surface area contributed by atoms with Crippen molar-refractivity contribution in [3.8, 4) is 0 Å². The number of rotatable bonds is 12. The summed E-state index contributed by atoms with van der Waals surface area (Å²) in [5.74, 6) is -1.86. The second kappa shape index (κ2) is 14.6. The highest BCUT2D eigenvalue weighted by molar-refractivity contribution is 7.89. The first-order valence-corrected chi connectivity index (χ1v) is 15.8. The predicted octanol–water partition coefficient (Wildman–Crippen LogP) is 4.01. The zero-order chi connectivity index (χ0) is 33.5. The average molecular weight is 669 g/mol. The Labute approximate surface area is 266 Å². The van der Waals surface area contributed by atoms with Crippen molar-refractivity contribution in [3.05, 3.63) is 63.8 Å². The van der Waals surface area contributed by atoms with Gasteiger partial charge in [-0.25, -0.2) is 18.0 Å². The number of para-hydroxylation sites is 1. The Bertz CT molecular complexity index is 1540. The Morgan fingerprint density at radius 1 is 1.16 bits per heavy atom. The number of nitrogens with zero attached hydrogens (tertiary/aromatic N) is 5. The molecule has 0 radical (unpaired) electrons. The van der Waals surface area contributed by atoms with Gasteiger partial charge < -0.3 is 19.5 Å². The fourth-order valence-corrected chi connectivity index (χ4v) is 6.02. The minimum absolute atomic E-state index is 0.0683.